The molecule has 1 rings (SSSR count). The molecule has 0 bridgehead atoms. The van der Waals surface area contributed by atoms with Crippen molar-refractivity contribution in [2.75, 3.05) is 26.9 Å². The maximum atomic E-state index is 11.6. The van der Waals surface area contributed by atoms with Crippen LogP contribution in [0.3, 0.4) is 0 Å². The zero-order valence-corrected chi connectivity index (χ0v) is 14.1. The van der Waals surface area contributed by atoms with Crippen molar-refractivity contribution < 1.29 is 29.0 Å². The summed E-state index contributed by atoms with van der Waals surface area (Å²) in [4.78, 5) is 34.1. The molecule has 3 N–H and O–H groups in total. The van der Waals surface area contributed by atoms with E-state index in [2.05, 4.69) is 15.8 Å². The highest BCUT2D eigenvalue weighted by Gasteiger charge is 2.12. The summed E-state index contributed by atoms with van der Waals surface area (Å²) in [6.07, 6.45) is 1.80. The van der Waals surface area contributed by atoms with E-state index in [4.69, 9.17) is 14.6 Å². The van der Waals surface area contributed by atoms with Gasteiger partial charge in [0.2, 0.25) is 0 Å². The summed E-state index contributed by atoms with van der Waals surface area (Å²) >= 11 is 0. The van der Waals surface area contributed by atoms with Crippen molar-refractivity contribution in [1.29, 1.82) is 0 Å². The van der Waals surface area contributed by atoms with Crippen molar-refractivity contribution in [3.63, 3.8) is 0 Å². The largest absolute Gasteiger partial charge is 0.493 e. The molecule has 0 saturated carbocycles. The lowest BCUT2D eigenvalue weighted by atomic mass is 10.1. The molecule has 0 aliphatic heterocycles. The fourth-order valence-electron chi connectivity index (χ4n) is 1.78. The SMILES string of the molecule is CCOc1ccc(C(=O)O)cc1/C=N\NC(=O)C(=O)NCCCOC. The zero-order chi connectivity index (χ0) is 18.7. The lowest BCUT2D eigenvalue weighted by Crippen LogP contribution is -2.38. The molecule has 1 aromatic carbocycles. The number of benzene rings is 1. The number of hydrogen-bond acceptors (Lipinski definition) is 6. The van der Waals surface area contributed by atoms with E-state index in [1.54, 1.807) is 14.0 Å². The Morgan fingerprint density at radius 2 is 2.04 bits per heavy atom. The Balaban J connectivity index is 2.67. The highest BCUT2D eigenvalue weighted by atomic mass is 16.5. The molecule has 1 aromatic rings. The molecule has 0 aliphatic rings. The van der Waals surface area contributed by atoms with Crippen LogP contribution < -0.4 is 15.5 Å². The molecule has 0 spiro atoms. The number of aromatic carboxylic acids is 1. The van der Waals surface area contributed by atoms with Gasteiger partial charge in [0.15, 0.2) is 0 Å². The Kier molecular flexibility index (Phi) is 8.66. The van der Waals surface area contributed by atoms with Crippen LogP contribution in [0.4, 0.5) is 0 Å². The minimum absolute atomic E-state index is 0.0483. The third kappa shape index (κ3) is 7.00. The summed E-state index contributed by atoms with van der Waals surface area (Å²) in [7, 11) is 1.54. The molecule has 2 amide bonds. The van der Waals surface area contributed by atoms with Gasteiger partial charge in [-0.25, -0.2) is 10.2 Å². The maximum absolute atomic E-state index is 11.6. The van der Waals surface area contributed by atoms with E-state index in [0.29, 0.717) is 37.5 Å². The molecule has 0 saturated heterocycles. The summed E-state index contributed by atoms with van der Waals surface area (Å²) in [6, 6.07) is 4.25. The maximum Gasteiger partial charge on any atom is 0.335 e. The third-order valence-corrected chi connectivity index (χ3v) is 2.94. The van der Waals surface area contributed by atoms with Crippen LogP contribution in [0.1, 0.15) is 29.3 Å². The number of ether oxygens (including phenoxy) is 2. The van der Waals surface area contributed by atoms with E-state index in [1.807, 2.05) is 0 Å². The van der Waals surface area contributed by atoms with Crippen LogP contribution in [-0.4, -0.2) is 56.0 Å². The third-order valence-electron chi connectivity index (χ3n) is 2.94. The first-order valence-electron chi connectivity index (χ1n) is 7.59. The van der Waals surface area contributed by atoms with Gasteiger partial charge in [-0.15, -0.1) is 0 Å². The average Bonchev–Trinajstić information content (AvgIpc) is 2.59. The van der Waals surface area contributed by atoms with Gasteiger partial charge in [0.1, 0.15) is 5.75 Å². The second kappa shape index (κ2) is 10.8. The standard InChI is InChI=1S/C16H21N3O6/c1-3-25-13-6-5-11(16(22)23)9-12(13)10-18-19-15(21)14(20)17-7-4-8-24-2/h5-6,9-10H,3-4,7-8H2,1-2H3,(H,17,20)(H,19,21)(H,22,23)/b18-10-. The number of carbonyl (C=O) groups is 3. The fraction of sp³-hybridized carbons (Fsp3) is 0.375. The van der Waals surface area contributed by atoms with Gasteiger partial charge in [0.05, 0.1) is 18.4 Å². The Hall–Kier alpha value is -2.94. The predicted molar refractivity (Wildman–Crippen MR) is 89.8 cm³/mol. The number of rotatable bonds is 9. The van der Waals surface area contributed by atoms with E-state index in [9.17, 15) is 14.4 Å². The first-order chi connectivity index (χ1) is 12.0. The van der Waals surface area contributed by atoms with E-state index >= 15 is 0 Å². The number of carbonyl (C=O) groups excluding carboxylic acids is 2. The van der Waals surface area contributed by atoms with Gasteiger partial charge in [-0.3, -0.25) is 9.59 Å². The first kappa shape index (κ1) is 20.1. The molecule has 0 unspecified atom stereocenters. The number of methoxy groups -OCH3 is 1. The summed E-state index contributed by atoms with van der Waals surface area (Å²) in [6.45, 7) is 2.93. The molecule has 136 valence electrons. The molecule has 0 radical (unpaired) electrons. The average molecular weight is 351 g/mol. The van der Waals surface area contributed by atoms with Crippen LogP contribution in [0, 0.1) is 0 Å². The van der Waals surface area contributed by atoms with Crippen molar-refractivity contribution >= 4 is 24.0 Å². The minimum Gasteiger partial charge on any atom is -0.493 e. The second-order valence-electron chi connectivity index (χ2n) is 4.79. The molecule has 0 atom stereocenters. The predicted octanol–water partition coefficient (Wildman–Crippen LogP) is 0.386. The van der Waals surface area contributed by atoms with E-state index in [1.165, 1.54) is 24.4 Å². The summed E-state index contributed by atoms with van der Waals surface area (Å²) in [5.74, 6) is -2.44. The normalized spacial score (nSPS) is 10.5. The van der Waals surface area contributed by atoms with Crippen LogP contribution in [0.25, 0.3) is 0 Å². The van der Waals surface area contributed by atoms with Crippen molar-refractivity contribution in [3.05, 3.63) is 29.3 Å². The van der Waals surface area contributed by atoms with Gasteiger partial charge in [-0.05, 0) is 31.5 Å². The molecule has 0 heterocycles. The van der Waals surface area contributed by atoms with Crippen molar-refractivity contribution in [2.24, 2.45) is 5.10 Å². The number of amides is 2. The number of hydrazone groups is 1. The first-order valence-corrected chi connectivity index (χ1v) is 7.59. The number of nitrogens with one attached hydrogen (secondary N) is 2. The van der Waals surface area contributed by atoms with Crippen LogP contribution in [0.15, 0.2) is 23.3 Å². The van der Waals surface area contributed by atoms with Crippen molar-refractivity contribution in [3.8, 4) is 5.75 Å². The summed E-state index contributed by atoms with van der Waals surface area (Å²) in [5, 5.41) is 15.1. The van der Waals surface area contributed by atoms with Gasteiger partial charge in [-0.1, -0.05) is 0 Å². The van der Waals surface area contributed by atoms with Gasteiger partial charge in [-0.2, -0.15) is 5.10 Å². The van der Waals surface area contributed by atoms with Crippen molar-refractivity contribution in [1.82, 2.24) is 10.7 Å². The number of nitrogens with zero attached hydrogens (tertiary/aromatic N) is 1. The molecular weight excluding hydrogens is 330 g/mol. The Morgan fingerprint density at radius 1 is 1.28 bits per heavy atom. The minimum atomic E-state index is -1.10. The van der Waals surface area contributed by atoms with Gasteiger partial charge < -0.3 is 19.9 Å². The van der Waals surface area contributed by atoms with Crippen molar-refractivity contribution in [2.45, 2.75) is 13.3 Å². The highest BCUT2D eigenvalue weighted by molar-refractivity contribution is 6.35. The molecular formula is C16H21N3O6. The number of carboxylic acids is 1. The number of carboxylic acid groups (broad SMARTS) is 1. The Labute approximate surface area is 145 Å². The molecule has 9 nitrogen and oxygen atoms in total. The summed E-state index contributed by atoms with van der Waals surface area (Å²) < 4.78 is 10.2. The quantitative estimate of drug-likeness (QED) is 0.256. The van der Waals surface area contributed by atoms with Gasteiger partial charge in [0, 0.05) is 25.8 Å². The lowest BCUT2D eigenvalue weighted by molar-refractivity contribution is -0.139. The van der Waals surface area contributed by atoms with E-state index < -0.39 is 17.8 Å². The molecule has 0 aromatic heterocycles. The number of hydrogen-bond donors (Lipinski definition) is 3. The fourth-order valence-corrected chi connectivity index (χ4v) is 1.78. The van der Waals surface area contributed by atoms with Crippen LogP contribution in [-0.2, 0) is 14.3 Å². The molecule has 25 heavy (non-hydrogen) atoms. The van der Waals surface area contributed by atoms with E-state index in [-0.39, 0.29) is 5.56 Å². The molecule has 0 fully saturated rings. The van der Waals surface area contributed by atoms with E-state index in [0.717, 1.165) is 0 Å². The van der Waals surface area contributed by atoms with Gasteiger partial charge >= 0.3 is 17.8 Å². The monoisotopic (exact) mass is 351 g/mol. The Bertz CT molecular complexity index is 645. The lowest BCUT2D eigenvalue weighted by Gasteiger charge is -2.07. The summed E-state index contributed by atoms with van der Waals surface area (Å²) in [5.41, 5.74) is 2.49. The van der Waals surface area contributed by atoms with Crippen LogP contribution in [0.2, 0.25) is 0 Å². The van der Waals surface area contributed by atoms with Crippen LogP contribution in [0.5, 0.6) is 5.75 Å². The molecule has 0 aliphatic carbocycles. The topological polar surface area (TPSA) is 126 Å². The van der Waals surface area contributed by atoms with Gasteiger partial charge in [0.25, 0.3) is 0 Å². The zero-order valence-electron chi connectivity index (χ0n) is 14.1. The van der Waals surface area contributed by atoms with Crippen LogP contribution >= 0.6 is 0 Å². The second-order valence-corrected chi connectivity index (χ2v) is 4.79. The highest BCUT2D eigenvalue weighted by Crippen LogP contribution is 2.18. The molecule has 9 heteroatoms. The smallest absolute Gasteiger partial charge is 0.335 e. The Morgan fingerprint density at radius 3 is 2.68 bits per heavy atom.